The van der Waals surface area contributed by atoms with Gasteiger partial charge in [0.05, 0.1) is 0 Å². The molecular formula is C17H20ClNO. The van der Waals surface area contributed by atoms with Gasteiger partial charge in [0.25, 0.3) is 0 Å². The van der Waals surface area contributed by atoms with Gasteiger partial charge in [-0.1, -0.05) is 48.5 Å². The maximum absolute atomic E-state index is 6.29. The lowest BCUT2D eigenvalue weighted by Crippen LogP contribution is -2.14. The first kappa shape index (κ1) is 14.9. The van der Waals surface area contributed by atoms with Gasteiger partial charge in [-0.15, -0.1) is 12.4 Å². The van der Waals surface area contributed by atoms with Crippen LogP contribution < -0.4 is 10.5 Å². The Balaban J connectivity index is 0.00000147. The molecule has 0 saturated heterocycles. The number of para-hydroxylation sites is 1. The molecule has 2 aromatic rings. The third-order valence-electron chi connectivity index (χ3n) is 3.65. The molecular weight excluding hydrogens is 270 g/mol. The molecule has 2 nitrogen and oxygen atoms in total. The average molecular weight is 290 g/mol. The zero-order chi connectivity index (χ0) is 13.1. The summed E-state index contributed by atoms with van der Waals surface area (Å²) < 4.78 is 5.94. The van der Waals surface area contributed by atoms with Crippen LogP contribution in [0.3, 0.4) is 0 Å². The number of rotatable bonds is 5. The molecule has 2 aromatic carbocycles. The van der Waals surface area contributed by atoms with E-state index in [1.54, 1.807) is 0 Å². The van der Waals surface area contributed by atoms with Crippen LogP contribution in [0.15, 0.2) is 54.6 Å². The number of halogens is 1. The minimum Gasteiger partial charge on any atom is -0.489 e. The molecule has 3 heteroatoms. The molecule has 20 heavy (non-hydrogen) atoms. The predicted octanol–water partition coefficient (Wildman–Crippen LogP) is 4.10. The zero-order valence-electron chi connectivity index (χ0n) is 11.4. The van der Waals surface area contributed by atoms with Crippen molar-refractivity contribution >= 4 is 12.4 Å². The highest BCUT2D eigenvalue weighted by atomic mass is 35.5. The second kappa shape index (κ2) is 6.78. The first-order valence-corrected chi connectivity index (χ1v) is 6.86. The van der Waals surface area contributed by atoms with Crippen molar-refractivity contribution in [2.24, 2.45) is 11.7 Å². The molecule has 0 aromatic heterocycles. The Labute approximate surface area is 126 Å². The van der Waals surface area contributed by atoms with E-state index in [4.69, 9.17) is 10.5 Å². The smallest absolute Gasteiger partial charge is 0.124 e. The highest BCUT2D eigenvalue weighted by Crippen LogP contribution is 2.42. The SMILES string of the molecule is Cl.N[C@@H](c1ccccc1OCc1ccccc1)C1CC1. The zero-order valence-corrected chi connectivity index (χ0v) is 12.2. The molecule has 0 unspecified atom stereocenters. The first-order valence-electron chi connectivity index (χ1n) is 6.86. The highest BCUT2D eigenvalue weighted by molar-refractivity contribution is 5.85. The Bertz CT molecular complexity index is 540. The minimum atomic E-state index is 0. The van der Waals surface area contributed by atoms with E-state index in [1.807, 2.05) is 36.4 Å². The summed E-state index contributed by atoms with van der Waals surface area (Å²) in [7, 11) is 0. The number of ether oxygens (including phenoxy) is 1. The molecule has 1 aliphatic carbocycles. The van der Waals surface area contributed by atoms with Crippen LogP contribution in [-0.2, 0) is 6.61 Å². The summed E-state index contributed by atoms with van der Waals surface area (Å²) >= 11 is 0. The summed E-state index contributed by atoms with van der Waals surface area (Å²) in [5.41, 5.74) is 8.61. The maximum Gasteiger partial charge on any atom is 0.124 e. The van der Waals surface area contributed by atoms with Crippen molar-refractivity contribution in [2.75, 3.05) is 0 Å². The molecule has 0 amide bonds. The molecule has 3 rings (SSSR count). The quantitative estimate of drug-likeness (QED) is 0.899. The summed E-state index contributed by atoms with van der Waals surface area (Å²) in [5.74, 6) is 1.56. The van der Waals surface area contributed by atoms with Gasteiger partial charge in [-0.05, 0) is 30.4 Å². The fourth-order valence-corrected chi connectivity index (χ4v) is 2.33. The first-order chi connectivity index (χ1) is 9.34. The van der Waals surface area contributed by atoms with E-state index in [2.05, 4.69) is 18.2 Å². The molecule has 0 radical (unpaired) electrons. The second-order valence-corrected chi connectivity index (χ2v) is 5.18. The van der Waals surface area contributed by atoms with Crippen molar-refractivity contribution in [3.63, 3.8) is 0 Å². The molecule has 1 fully saturated rings. The van der Waals surface area contributed by atoms with Crippen LogP contribution in [0.2, 0.25) is 0 Å². The fraction of sp³-hybridized carbons (Fsp3) is 0.294. The Morgan fingerprint density at radius 3 is 2.35 bits per heavy atom. The van der Waals surface area contributed by atoms with Crippen molar-refractivity contribution in [2.45, 2.75) is 25.5 Å². The van der Waals surface area contributed by atoms with Gasteiger partial charge in [0, 0.05) is 11.6 Å². The van der Waals surface area contributed by atoms with Crippen LogP contribution >= 0.6 is 12.4 Å². The monoisotopic (exact) mass is 289 g/mol. The van der Waals surface area contributed by atoms with E-state index in [-0.39, 0.29) is 18.4 Å². The molecule has 0 aliphatic heterocycles. The van der Waals surface area contributed by atoms with Crippen LogP contribution in [-0.4, -0.2) is 0 Å². The highest BCUT2D eigenvalue weighted by Gasteiger charge is 2.31. The molecule has 1 saturated carbocycles. The van der Waals surface area contributed by atoms with Crippen molar-refractivity contribution in [1.29, 1.82) is 0 Å². The van der Waals surface area contributed by atoms with Crippen molar-refractivity contribution < 1.29 is 4.74 Å². The molecule has 1 atom stereocenters. The lowest BCUT2D eigenvalue weighted by molar-refractivity contribution is 0.300. The van der Waals surface area contributed by atoms with Crippen LogP contribution in [0.5, 0.6) is 5.75 Å². The largest absolute Gasteiger partial charge is 0.489 e. The van der Waals surface area contributed by atoms with Gasteiger partial charge >= 0.3 is 0 Å². The number of hydrogen-bond acceptors (Lipinski definition) is 2. The van der Waals surface area contributed by atoms with E-state index in [1.165, 1.54) is 18.4 Å². The van der Waals surface area contributed by atoms with Gasteiger partial charge in [0.1, 0.15) is 12.4 Å². The van der Waals surface area contributed by atoms with Gasteiger partial charge in [0.15, 0.2) is 0 Å². The van der Waals surface area contributed by atoms with Crippen LogP contribution in [0.4, 0.5) is 0 Å². The van der Waals surface area contributed by atoms with Gasteiger partial charge in [-0.25, -0.2) is 0 Å². The summed E-state index contributed by atoms with van der Waals surface area (Å²) in [6.45, 7) is 0.592. The molecule has 1 aliphatic rings. The molecule has 0 spiro atoms. The van der Waals surface area contributed by atoms with Crippen LogP contribution in [0, 0.1) is 5.92 Å². The van der Waals surface area contributed by atoms with E-state index >= 15 is 0 Å². The lowest BCUT2D eigenvalue weighted by Gasteiger charge is -2.16. The summed E-state index contributed by atoms with van der Waals surface area (Å²) in [4.78, 5) is 0. The van der Waals surface area contributed by atoms with Crippen LogP contribution in [0.1, 0.15) is 30.0 Å². The Hall–Kier alpha value is -1.51. The lowest BCUT2D eigenvalue weighted by atomic mass is 10.0. The molecule has 106 valence electrons. The normalized spacial score (nSPS) is 15.2. The predicted molar refractivity (Wildman–Crippen MR) is 84.1 cm³/mol. The third kappa shape index (κ3) is 3.53. The van der Waals surface area contributed by atoms with E-state index in [0.29, 0.717) is 12.5 Å². The Morgan fingerprint density at radius 2 is 1.65 bits per heavy atom. The Morgan fingerprint density at radius 1 is 1.00 bits per heavy atom. The minimum absolute atomic E-state index is 0. The van der Waals surface area contributed by atoms with Crippen molar-refractivity contribution in [3.8, 4) is 5.75 Å². The topological polar surface area (TPSA) is 35.2 Å². The summed E-state index contributed by atoms with van der Waals surface area (Å²) in [6.07, 6.45) is 2.49. The fourth-order valence-electron chi connectivity index (χ4n) is 2.33. The summed E-state index contributed by atoms with van der Waals surface area (Å²) in [5, 5.41) is 0. The van der Waals surface area contributed by atoms with Gasteiger partial charge in [0.2, 0.25) is 0 Å². The number of benzene rings is 2. The van der Waals surface area contributed by atoms with Crippen molar-refractivity contribution in [3.05, 3.63) is 65.7 Å². The average Bonchev–Trinajstić information content (AvgIpc) is 3.30. The Kier molecular flexibility index (Phi) is 5.05. The standard InChI is InChI=1S/C17H19NO.ClH/c18-17(14-10-11-14)15-8-4-5-9-16(15)19-12-13-6-2-1-3-7-13;/h1-9,14,17H,10-12,18H2;1H/t17-;/m1./s1. The van der Waals surface area contributed by atoms with Crippen LogP contribution in [0.25, 0.3) is 0 Å². The second-order valence-electron chi connectivity index (χ2n) is 5.18. The van der Waals surface area contributed by atoms with E-state index < -0.39 is 0 Å². The van der Waals surface area contributed by atoms with Gasteiger partial charge in [-0.3, -0.25) is 0 Å². The third-order valence-corrected chi connectivity index (χ3v) is 3.65. The molecule has 2 N–H and O–H groups in total. The summed E-state index contributed by atoms with van der Waals surface area (Å²) in [6, 6.07) is 18.5. The maximum atomic E-state index is 6.29. The van der Waals surface area contributed by atoms with E-state index in [9.17, 15) is 0 Å². The van der Waals surface area contributed by atoms with Crippen molar-refractivity contribution in [1.82, 2.24) is 0 Å². The van der Waals surface area contributed by atoms with E-state index in [0.717, 1.165) is 11.3 Å². The van der Waals surface area contributed by atoms with Gasteiger partial charge in [-0.2, -0.15) is 0 Å². The molecule has 0 heterocycles. The molecule has 0 bridgehead atoms. The van der Waals surface area contributed by atoms with Gasteiger partial charge < -0.3 is 10.5 Å². The number of hydrogen-bond donors (Lipinski definition) is 1. The number of nitrogens with two attached hydrogens (primary N) is 1.